The minimum Gasteiger partial charge on any atom is -0.394 e. The van der Waals surface area contributed by atoms with Gasteiger partial charge < -0.3 is 24.5 Å². The van der Waals surface area contributed by atoms with Gasteiger partial charge in [-0.05, 0) is 63.7 Å². The minimum absolute atomic E-state index is 0.0546. The number of amides is 3. The molecule has 3 aliphatic rings. The molecule has 8 nitrogen and oxygen atoms in total. The van der Waals surface area contributed by atoms with Crippen molar-refractivity contribution in [1.82, 2.24) is 14.7 Å². The number of likely N-dealkylation sites (tertiary alicyclic amines) is 1. The number of carbonyl (C=O) groups is 3. The van der Waals surface area contributed by atoms with Gasteiger partial charge in [-0.2, -0.15) is 0 Å². The predicted molar refractivity (Wildman–Crippen MR) is 171 cm³/mol. The fourth-order valence-electron chi connectivity index (χ4n) is 8.76. The van der Waals surface area contributed by atoms with Gasteiger partial charge in [0.1, 0.15) is 11.6 Å². The van der Waals surface area contributed by atoms with Gasteiger partial charge in [0.2, 0.25) is 17.7 Å². The van der Waals surface area contributed by atoms with Crippen LogP contribution in [0.3, 0.4) is 0 Å². The van der Waals surface area contributed by atoms with Crippen molar-refractivity contribution >= 4 is 17.7 Å². The number of rotatable bonds is 14. The third-order valence-electron chi connectivity index (χ3n) is 10.0. The summed E-state index contributed by atoms with van der Waals surface area (Å²) in [7, 11) is 0. The normalized spacial score (nSPS) is 30.9. The summed E-state index contributed by atoms with van der Waals surface area (Å²) in [6.07, 6.45) is 5.98. The predicted octanol–water partition coefficient (Wildman–Crippen LogP) is 5.06. The van der Waals surface area contributed by atoms with Crippen molar-refractivity contribution in [3.05, 3.63) is 25.3 Å². The average Bonchev–Trinajstić information content (AvgIpc) is 3.40. The van der Waals surface area contributed by atoms with E-state index in [1.54, 1.807) is 22.0 Å². The molecule has 244 valence electrons. The summed E-state index contributed by atoms with van der Waals surface area (Å²) in [4.78, 5) is 49.5. The summed E-state index contributed by atoms with van der Waals surface area (Å²) in [6.45, 7) is 29.5. The van der Waals surface area contributed by atoms with Crippen molar-refractivity contribution < 1.29 is 24.2 Å². The van der Waals surface area contributed by atoms with Gasteiger partial charge in [0, 0.05) is 25.2 Å². The molecule has 3 rings (SSSR count). The van der Waals surface area contributed by atoms with Gasteiger partial charge in [0.25, 0.3) is 0 Å². The number of aliphatic hydroxyl groups excluding tert-OH is 1. The fourth-order valence-corrected chi connectivity index (χ4v) is 8.76. The van der Waals surface area contributed by atoms with E-state index in [0.717, 1.165) is 12.8 Å². The highest BCUT2D eigenvalue weighted by atomic mass is 16.5. The van der Waals surface area contributed by atoms with Crippen LogP contribution in [0.25, 0.3) is 0 Å². The molecular weight excluding hydrogens is 542 g/mol. The zero-order valence-electron chi connectivity index (χ0n) is 28.6. The van der Waals surface area contributed by atoms with E-state index in [4.69, 9.17) is 4.74 Å². The third-order valence-corrected chi connectivity index (χ3v) is 10.0. The topological polar surface area (TPSA) is 90.4 Å². The molecule has 3 amide bonds. The molecule has 3 heterocycles. The summed E-state index contributed by atoms with van der Waals surface area (Å²) in [5.74, 6) is -1.99. The number of carbonyl (C=O) groups excluding carboxylic acids is 3. The molecule has 0 aromatic heterocycles. The van der Waals surface area contributed by atoms with Crippen LogP contribution in [0.2, 0.25) is 0 Å². The van der Waals surface area contributed by atoms with Crippen molar-refractivity contribution in [2.24, 2.45) is 29.1 Å². The first-order valence-corrected chi connectivity index (χ1v) is 16.3. The lowest BCUT2D eigenvalue weighted by molar-refractivity contribution is -0.161. The molecular formula is C35H59N3O5. The summed E-state index contributed by atoms with van der Waals surface area (Å²) in [5.41, 5.74) is -2.68. The van der Waals surface area contributed by atoms with Crippen LogP contribution in [0.4, 0.5) is 0 Å². The molecule has 3 fully saturated rings. The zero-order valence-corrected chi connectivity index (χ0v) is 28.6. The van der Waals surface area contributed by atoms with Crippen LogP contribution in [0.5, 0.6) is 0 Å². The van der Waals surface area contributed by atoms with Gasteiger partial charge in [0.05, 0.1) is 30.1 Å². The number of ether oxygens (including phenoxy) is 1. The van der Waals surface area contributed by atoms with Crippen LogP contribution in [0.1, 0.15) is 94.9 Å². The highest BCUT2D eigenvalue weighted by Gasteiger charge is 2.80. The number of hydrogen-bond acceptors (Lipinski definition) is 5. The molecule has 8 heteroatoms. The molecule has 7 atom stereocenters. The SMILES string of the molecule is C=CCN(CCC)C(=O)[C@H]1[C@H]2C(=O)N([C@@H](CO)CC(C)C)C(C(=O)N(CC=C)C(C)(C)CC(C)(C)C)C23CC(C)[C@]1(C)O3. The van der Waals surface area contributed by atoms with E-state index in [2.05, 4.69) is 54.7 Å². The van der Waals surface area contributed by atoms with Crippen LogP contribution in [0.15, 0.2) is 25.3 Å². The Morgan fingerprint density at radius 1 is 1.14 bits per heavy atom. The van der Waals surface area contributed by atoms with E-state index in [0.29, 0.717) is 32.5 Å². The van der Waals surface area contributed by atoms with Crippen molar-refractivity contribution in [2.45, 2.75) is 124 Å². The van der Waals surface area contributed by atoms with Crippen molar-refractivity contribution in [3.8, 4) is 0 Å². The largest absolute Gasteiger partial charge is 0.394 e. The quantitative estimate of drug-likeness (QED) is 0.281. The van der Waals surface area contributed by atoms with Gasteiger partial charge in [-0.1, -0.05) is 60.6 Å². The molecule has 1 spiro atoms. The van der Waals surface area contributed by atoms with Gasteiger partial charge in [-0.15, -0.1) is 13.2 Å². The van der Waals surface area contributed by atoms with Crippen molar-refractivity contribution in [1.29, 1.82) is 0 Å². The highest BCUT2D eigenvalue weighted by molar-refractivity contribution is 5.99. The molecule has 0 aromatic rings. The molecule has 0 saturated carbocycles. The maximum absolute atomic E-state index is 15.1. The van der Waals surface area contributed by atoms with E-state index in [9.17, 15) is 14.7 Å². The second-order valence-electron chi connectivity index (χ2n) is 15.8. The van der Waals surface area contributed by atoms with Crippen LogP contribution in [0, 0.1) is 29.1 Å². The standard InChI is InChI=1S/C35H59N3O5/c1-13-16-36(17-14-2)29(40)26-27-30(41)38(25(21-39)19-23(4)5)28(35(27)20-24(6)34(26,12)43-35)31(42)37(18-15-3)33(10,11)22-32(7,8)9/h13,15,23-28,39H,1,3,14,16-22H2,2,4-12H3/t24?,25-,26-,27+,28?,34+,35?/m1/s1. The molecule has 0 aliphatic carbocycles. The molecule has 0 aromatic carbocycles. The average molecular weight is 602 g/mol. The zero-order chi connectivity index (χ0) is 32.7. The summed E-state index contributed by atoms with van der Waals surface area (Å²) >= 11 is 0. The van der Waals surface area contributed by atoms with Crippen molar-refractivity contribution in [3.63, 3.8) is 0 Å². The summed E-state index contributed by atoms with van der Waals surface area (Å²) < 4.78 is 7.01. The Hall–Kier alpha value is -2.19. The number of hydrogen-bond donors (Lipinski definition) is 1. The van der Waals surface area contributed by atoms with Gasteiger partial charge in [-0.3, -0.25) is 14.4 Å². The van der Waals surface area contributed by atoms with E-state index < -0.39 is 40.7 Å². The Morgan fingerprint density at radius 2 is 1.74 bits per heavy atom. The van der Waals surface area contributed by atoms with Gasteiger partial charge in [0.15, 0.2) is 0 Å². The number of fused-ring (bicyclic) bond motifs is 1. The lowest BCUT2D eigenvalue weighted by atomic mass is 9.62. The Morgan fingerprint density at radius 3 is 2.23 bits per heavy atom. The second-order valence-corrected chi connectivity index (χ2v) is 15.8. The molecule has 3 unspecified atom stereocenters. The molecule has 0 radical (unpaired) electrons. The maximum Gasteiger partial charge on any atom is 0.249 e. The van der Waals surface area contributed by atoms with E-state index in [-0.39, 0.29) is 41.6 Å². The van der Waals surface area contributed by atoms with E-state index >= 15 is 4.79 Å². The fraction of sp³-hybridized carbons (Fsp3) is 0.800. The number of aliphatic hydroxyl groups is 1. The van der Waals surface area contributed by atoms with Gasteiger partial charge in [-0.25, -0.2) is 0 Å². The molecule has 3 aliphatic heterocycles. The van der Waals surface area contributed by atoms with Crippen LogP contribution in [-0.4, -0.2) is 92.6 Å². The Balaban J connectivity index is 2.25. The monoisotopic (exact) mass is 601 g/mol. The molecule has 2 bridgehead atoms. The number of nitrogens with zero attached hydrogens (tertiary/aromatic N) is 3. The summed E-state index contributed by atoms with van der Waals surface area (Å²) in [6, 6.07) is -1.53. The summed E-state index contributed by atoms with van der Waals surface area (Å²) in [5, 5.41) is 10.7. The molecule has 43 heavy (non-hydrogen) atoms. The van der Waals surface area contributed by atoms with E-state index in [1.165, 1.54) is 0 Å². The van der Waals surface area contributed by atoms with E-state index in [1.807, 2.05) is 32.6 Å². The molecule has 1 N–H and O–H groups in total. The second kappa shape index (κ2) is 12.7. The maximum atomic E-state index is 15.1. The Kier molecular flexibility index (Phi) is 10.4. The first-order chi connectivity index (χ1) is 19.9. The smallest absolute Gasteiger partial charge is 0.249 e. The van der Waals surface area contributed by atoms with Gasteiger partial charge >= 0.3 is 0 Å². The first kappa shape index (κ1) is 35.3. The lowest BCUT2D eigenvalue weighted by Crippen LogP contribution is -2.62. The van der Waals surface area contributed by atoms with Crippen LogP contribution >= 0.6 is 0 Å². The third kappa shape index (κ3) is 6.20. The Labute approximate surface area is 260 Å². The first-order valence-electron chi connectivity index (χ1n) is 16.3. The van der Waals surface area contributed by atoms with Crippen molar-refractivity contribution in [2.75, 3.05) is 26.2 Å². The minimum atomic E-state index is -1.17. The lowest BCUT2D eigenvalue weighted by Gasteiger charge is -2.46. The Bertz CT molecular complexity index is 1080. The van der Waals surface area contributed by atoms with Crippen LogP contribution < -0.4 is 0 Å². The molecule has 3 saturated heterocycles. The highest BCUT2D eigenvalue weighted by Crippen LogP contribution is 2.66. The van der Waals surface area contributed by atoms with Crippen LogP contribution in [-0.2, 0) is 19.1 Å².